The minimum atomic E-state index is -0.683. The third kappa shape index (κ3) is 3.87. The zero-order valence-corrected chi connectivity index (χ0v) is 14.7. The number of hydrogen-bond donors (Lipinski definition) is 2. The molecule has 0 saturated heterocycles. The Morgan fingerprint density at radius 1 is 1.35 bits per heavy atom. The molecule has 3 aromatic rings. The van der Waals surface area contributed by atoms with E-state index in [-0.39, 0.29) is 18.9 Å². The largest absolute Gasteiger partial charge is 0.461 e. The third-order valence-corrected chi connectivity index (χ3v) is 3.82. The highest BCUT2D eigenvalue weighted by Gasteiger charge is 2.20. The lowest BCUT2D eigenvalue weighted by Crippen LogP contribution is -2.36. The smallest absolute Gasteiger partial charge is 0.351 e. The first-order valence-electron chi connectivity index (χ1n) is 7.90. The van der Waals surface area contributed by atoms with Gasteiger partial charge in [-0.25, -0.2) is 4.79 Å². The summed E-state index contributed by atoms with van der Waals surface area (Å²) in [5.41, 5.74) is 0.0151. The zero-order valence-electron chi connectivity index (χ0n) is 13.9. The highest BCUT2D eigenvalue weighted by atomic mass is 35.5. The van der Waals surface area contributed by atoms with Gasteiger partial charge in [-0.05, 0) is 43.3 Å². The fourth-order valence-corrected chi connectivity index (χ4v) is 2.46. The Kier molecular flexibility index (Phi) is 5.24. The predicted molar refractivity (Wildman–Crippen MR) is 95.2 cm³/mol. The lowest BCUT2D eigenvalue weighted by Gasteiger charge is -2.07. The summed E-state index contributed by atoms with van der Waals surface area (Å²) >= 11 is 5.88. The summed E-state index contributed by atoms with van der Waals surface area (Å²) in [5.74, 6) is 0.164. The number of furan rings is 1. The Balaban J connectivity index is 2.00. The molecule has 1 amide bonds. The lowest BCUT2D eigenvalue weighted by molar-refractivity contribution is -0.122. The molecule has 1 aromatic carbocycles. The number of carbonyl (C=O) groups excluding carboxylic acids is 1. The number of aliphatic hydroxyl groups is 1. The maximum absolute atomic E-state index is 12.8. The number of carbonyl (C=O) groups is 1. The molecule has 0 spiro atoms. The van der Waals surface area contributed by atoms with Gasteiger partial charge in [0.1, 0.15) is 6.54 Å². The van der Waals surface area contributed by atoms with Gasteiger partial charge < -0.3 is 14.8 Å². The van der Waals surface area contributed by atoms with Crippen molar-refractivity contribution in [2.45, 2.75) is 19.6 Å². The van der Waals surface area contributed by atoms with Crippen molar-refractivity contribution in [1.82, 2.24) is 19.7 Å². The molecule has 1 atom stereocenters. The molecule has 3 rings (SSSR count). The van der Waals surface area contributed by atoms with Crippen LogP contribution in [0.3, 0.4) is 0 Å². The molecule has 26 heavy (non-hydrogen) atoms. The van der Waals surface area contributed by atoms with Gasteiger partial charge in [-0.3, -0.25) is 9.36 Å². The van der Waals surface area contributed by atoms with Crippen LogP contribution >= 0.6 is 11.6 Å². The number of hydrogen-bond acceptors (Lipinski definition) is 5. The van der Waals surface area contributed by atoms with E-state index in [1.807, 2.05) is 0 Å². The standard InChI is InChI=1S/C17H17ClN4O4/c1-11(23)9-19-15(24)10-21-16(14-3-2-8-26-14)20-22(17(21)25)13-6-4-12(18)5-7-13/h2-8,11,23H,9-10H2,1H3,(H,19,24). The van der Waals surface area contributed by atoms with Gasteiger partial charge in [0.25, 0.3) is 0 Å². The van der Waals surface area contributed by atoms with E-state index in [0.717, 1.165) is 0 Å². The predicted octanol–water partition coefficient (Wildman–Crippen LogP) is 1.44. The van der Waals surface area contributed by atoms with Gasteiger partial charge in [0, 0.05) is 11.6 Å². The molecule has 2 aromatic heterocycles. The van der Waals surface area contributed by atoms with E-state index < -0.39 is 17.7 Å². The Hall–Kier alpha value is -2.84. The van der Waals surface area contributed by atoms with Gasteiger partial charge in [-0.2, -0.15) is 4.68 Å². The van der Waals surface area contributed by atoms with Crippen molar-refractivity contribution in [3.8, 4) is 17.3 Å². The highest BCUT2D eigenvalue weighted by Crippen LogP contribution is 2.18. The number of amides is 1. The Bertz CT molecular complexity index is 942. The molecule has 136 valence electrons. The number of aliphatic hydroxyl groups excluding tert-OH is 1. The van der Waals surface area contributed by atoms with Crippen LogP contribution in [-0.2, 0) is 11.3 Å². The monoisotopic (exact) mass is 376 g/mol. The number of halogens is 1. The van der Waals surface area contributed by atoms with Crippen molar-refractivity contribution in [3.63, 3.8) is 0 Å². The van der Waals surface area contributed by atoms with E-state index in [1.165, 1.54) is 15.5 Å². The van der Waals surface area contributed by atoms with E-state index >= 15 is 0 Å². The normalized spacial score (nSPS) is 12.1. The molecular weight excluding hydrogens is 360 g/mol. The number of rotatable bonds is 6. The Labute approximate surface area is 153 Å². The molecular formula is C17H17ClN4O4. The van der Waals surface area contributed by atoms with Crippen molar-refractivity contribution < 1.29 is 14.3 Å². The van der Waals surface area contributed by atoms with Crippen molar-refractivity contribution in [2.75, 3.05) is 6.54 Å². The van der Waals surface area contributed by atoms with Crippen LogP contribution < -0.4 is 11.0 Å². The van der Waals surface area contributed by atoms with Gasteiger partial charge >= 0.3 is 5.69 Å². The van der Waals surface area contributed by atoms with Gasteiger partial charge in [-0.15, -0.1) is 5.10 Å². The van der Waals surface area contributed by atoms with E-state index in [2.05, 4.69) is 10.4 Å². The topological polar surface area (TPSA) is 102 Å². The van der Waals surface area contributed by atoms with Crippen LogP contribution in [0.1, 0.15) is 6.92 Å². The van der Waals surface area contributed by atoms with Crippen LogP contribution in [-0.4, -0.2) is 38.0 Å². The number of nitrogens with zero attached hydrogens (tertiary/aromatic N) is 3. The Morgan fingerprint density at radius 3 is 2.69 bits per heavy atom. The van der Waals surface area contributed by atoms with Crippen molar-refractivity contribution in [1.29, 1.82) is 0 Å². The van der Waals surface area contributed by atoms with Crippen LogP contribution in [0.5, 0.6) is 0 Å². The molecule has 0 bridgehead atoms. The summed E-state index contributed by atoms with van der Waals surface area (Å²) in [4.78, 5) is 24.9. The quantitative estimate of drug-likeness (QED) is 0.677. The molecule has 0 aliphatic carbocycles. The van der Waals surface area contributed by atoms with Crippen molar-refractivity contribution in [3.05, 3.63) is 58.2 Å². The minimum Gasteiger partial charge on any atom is -0.461 e. The van der Waals surface area contributed by atoms with E-state index in [0.29, 0.717) is 16.5 Å². The maximum atomic E-state index is 12.8. The number of aromatic nitrogens is 3. The van der Waals surface area contributed by atoms with Crippen LogP contribution in [0.4, 0.5) is 0 Å². The van der Waals surface area contributed by atoms with Crippen LogP contribution in [0.2, 0.25) is 5.02 Å². The van der Waals surface area contributed by atoms with Gasteiger partial charge in [0.05, 0.1) is 18.1 Å². The molecule has 0 fully saturated rings. The first-order chi connectivity index (χ1) is 12.5. The molecule has 0 aliphatic rings. The molecule has 1 unspecified atom stereocenters. The second-order valence-corrected chi connectivity index (χ2v) is 6.15. The summed E-state index contributed by atoms with van der Waals surface area (Å²) in [6.45, 7) is 1.39. The average Bonchev–Trinajstić information content (AvgIpc) is 3.23. The summed E-state index contributed by atoms with van der Waals surface area (Å²) in [6, 6.07) is 9.91. The number of benzene rings is 1. The second-order valence-electron chi connectivity index (χ2n) is 5.71. The lowest BCUT2D eigenvalue weighted by atomic mass is 10.3. The highest BCUT2D eigenvalue weighted by molar-refractivity contribution is 6.30. The van der Waals surface area contributed by atoms with E-state index in [4.69, 9.17) is 16.0 Å². The minimum absolute atomic E-state index is 0.0923. The summed E-state index contributed by atoms with van der Waals surface area (Å²) in [5, 5.41) is 16.7. The SMILES string of the molecule is CC(O)CNC(=O)Cn1c(-c2ccco2)nn(-c2ccc(Cl)cc2)c1=O. The molecule has 0 radical (unpaired) electrons. The van der Waals surface area contributed by atoms with Crippen LogP contribution in [0.25, 0.3) is 17.3 Å². The molecule has 9 heteroatoms. The number of nitrogens with one attached hydrogen (secondary N) is 1. The fraction of sp³-hybridized carbons (Fsp3) is 0.235. The summed E-state index contributed by atoms with van der Waals surface area (Å²) in [7, 11) is 0. The Morgan fingerprint density at radius 2 is 2.08 bits per heavy atom. The fourth-order valence-electron chi connectivity index (χ4n) is 2.34. The van der Waals surface area contributed by atoms with Crippen molar-refractivity contribution >= 4 is 17.5 Å². The van der Waals surface area contributed by atoms with Gasteiger partial charge in [0.15, 0.2) is 5.76 Å². The van der Waals surface area contributed by atoms with Crippen LogP contribution in [0, 0.1) is 0 Å². The molecule has 8 nitrogen and oxygen atoms in total. The molecule has 2 heterocycles. The average molecular weight is 377 g/mol. The maximum Gasteiger partial charge on any atom is 0.351 e. The third-order valence-electron chi connectivity index (χ3n) is 3.57. The molecule has 2 N–H and O–H groups in total. The molecule has 0 saturated carbocycles. The zero-order chi connectivity index (χ0) is 18.7. The summed E-state index contributed by atoms with van der Waals surface area (Å²) in [6.07, 6.45) is 0.774. The first-order valence-corrected chi connectivity index (χ1v) is 8.28. The van der Waals surface area contributed by atoms with Gasteiger partial charge in [-0.1, -0.05) is 11.6 Å². The summed E-state index contributed by atoms with van der Waals surface area (Å²) < 4.78 is 7.72. The first kappa shape index (κ1) is 18.0. The van der Waals surface area contributed by atoms with E-state index in [9.17, 15) is 14.7 Å². The van der Waals surface area contributed by atoms with Crippen LogP contribution in [0.15, 0.2) is 51.9 Å². The second kappa shape index (κ2) is 7.59. The van der Waals surface area contributed by atoms with Gasteiger partial charge in [0.2, 0.25) is 11.7 Å². The molecule has 0 aliphatic heterocycles. The van der Waals surface area contributed by atoms with E-state index in [1.54, 1.807) is 43.3 Å². The van der Waals surface area contributed by atoms with Crippen molar-refractivity contribution in [2.24, 2.45) is 0 Å².